The minimum absolute atomic E-state index is 0.0339. The number of carbonyl (C=O) groups is 2. The van der Waals surface area contributed by atoms with E-state index in [4.69, 9.17) is 11.6 Å². The van der Waals surface area contributed by atoms with Crippen LogP contribution in [0.15, 0.2) is 41.8 Å². The summed E-state index contributed by atoms with van der Waals surface area (Å²) in [5, 5.41) is 2.58. The van der Waals surface area contributed by atoms with Crippen LogP contribution in [-0.2, 0) is 11.3 Å². The van der Waals surface area contributed by atoms with Crippen molar-refractivity contribution in [2.45, 2.75) is 26.3 Å². The highest BCUT2D eigenvalue weighted by Crippen LogP contribution is 2.24. The summed E-state index contributed by atoms with van der Waals surface area (Å²) in [6.45, 7) is 4.32. The Morgan fingerprint density at radius 1 is 1.27 bits per heavy atom. The average molecular weight is 391 g/mol. The predicted molar refractivity (Wildman–Crippen MR) is 105 cm³/mol. The SMILES string of the molecule is CCN(Cc1ccccc1Cl)C(=O)C1CCCN(C(=O)c2cccs2)C1. The van der Waals surface area contributed by atoms with Gasteiger partial charge in [0.2, 0.25) is 5.91 Å². The molecular formula is C20H23ClN2O2S. The van der Waals surface area contributed by atoms with Gasteiger partial charge in [-0.25, -0.2) is 0 Å². The summed E-state index contributed by atoms with van der Waals surface area (Å²) in [6, 6.07) is 11.3. The number of benzene rings is 1. The average Bonchev–Trinajstić information content (AvgIpc) is 3.21. The lowest BCUT2D eigenvalue weighted by Gasteiger charge is -2.34. The van der Waals surface area contributed by atoms with Crippen molar-refractivity contribution in [3.05, 3.63) is 57.2 Å². The lowest BCUT2D eigenvalue weighted by atomic mass is 9.96. The number of likely N-dealkylation sites (tertiary alicyclic amines) is 1. The maximum atomic E-state index is 13.0. The summed E-state index contributed by atoms with van der Waals surface area (Å²) < 4.78 is 0. The first-order chi connectivity index (χ1) is 12.6. The fourth-order valence-corrected chi connectivity index (χ4v) is 4.24. The fraction of sp³-hybridized carbons (Fsp3) is 0.400. The second-order valence-electron chi connectivity index (χ2n) is 6.51. The van der Waals surface area contributed by atoms with E-state index in [-0.39, 0.29) is 17.7 Å². The Balaban J connectivity index is 1.67. The second-order valence-corrected chi connectivity index (χ2v) is 7.87. The summed E-state index contributed by atoms with van der Waals surface area (Å²) in [5.74, 6) is -0.00199. The zero-order chi connectivity index (χ0) is 18.5. The first-order valence-electron chi connectivity index (χ1n) is 8.95. The molecule has 2 aromatic rings. The Kier molecular flexibility index (Phi) is 6.33. The van der Waals surface area contributed by atoms with Crippen molar-refractivity contribution in [2.75, 3.05) is 19.6 Å². The van der Waals surface area contributed by atoms with Gasteiger partial charge in [-0.3, -0.25) is 9.59 Å². The van der Waals surface area contributed by atoms with E-state index in [1.807, 2.05) is 58.5 Å². The third-order valence-electron chi connectivity index (χ3n) is 4.80. The van der Waals surface area contributed by atoms with Crippen molar-refractivity contribution in [3.63, 3.8) is 0 Å². The number of amides is 2. The molecule has 4 nitrogen and oxygen atoms in total. The summed E-state index contributed by atoms with van der Waals surface area (Å²) in [7, 11) is 0. The Morgan fingerprint density at radius 2 is 2.08 bits per heavy atom. The molecule has 1 atom stereocenters. The van der Waals surface area contributed by atoms with Crippen LogP contribution in [0.1, 0.15) is 35.0 Å². The number of piperidine rings is 1. The molecule has 0 N–H and O–H groups in total. The highest BCUT2D eigenvalue weighted by molar-refractivity contribution is 7.12. The van der Waals surface area contributed by atoms with Gasteiger partial charge < -0.3 is 9.80 Å². The first-order valence-corrected chi connectivity index (χ1v) is 10.2. The third-order valence-corrected chi connectivity index (χ3v) is 6.03. The molecule has 3 rings (SSSR count). The number of hydrogen-bond donors (Lipinski definition) is 0. The van der Waals surface area contributed by atoms with Crippen molar-refractivity contribution < 1.29 is 9.59 Å². The minimum Gasteiger partial charge on any atom is -0.338 e. The number of hydrogen-bond acceptors (Lipinski definition) is 3. The van der Waals surface area contributed by atoms with Crippen LogP contribution in [-0.4, -0.2) is 41.2 Å². The first kappa shape index (κ1) is 18.9. The number of halogens is 1. The zero-order valence-electron chi connectivity index (χ0n) is 14.9. The molecule has 2 heterocycles. The summed E-state index contributed by atoms with van der Waals surface area (Å²) in [5.41, 5.74) is 0.951. The van der Waals surface area contributed by atoms with E-state index in [2.05, 4.69) is 0 Å². The molecule has 2 amide bonds. The molecule has 1 aromatic heterocycles. The van der Waals surface area contributed by atoms with E-state index in [0.29, 0.717) is 24.7 Å². The minimum atomic E-state index is -0.143. The van der Waals surface area contributed by atoms with Gasteiger partial charge in [-0.2, -0.15) is 0 Å². The molecule has 26 heavy (non-hydrogen) atoms. The van der Waals surface area contributed by atoms with Crippen molar-refractivity contribution in [3.8, 4) is 0 Å². The van der Waals surface area contributed by atoms with E-state index in [1.54, 1.807) is 0 Å². The van der Waals surface area contributed by atoms with Crippen LogP contribution in [0.3, 0.4) is 0 Å². The van der Waals surface area contributed by atoms with Crippen LogP contribution >= 0.6 is 22.9 Å². The van der Waals surface area contributed by atoms with Gasteiger partial charge in [0, 0.05) is 31.2 Å². The highest BCUT2D eigenvalue weighted by atomic mass is 35.5. The standard InChI is InChI=1S/C20H23ClN2O2S/c1-2-22(13-15-7-3-4-9-17(15)21)19(24)16-8-5-11-23(14-16)20(25)18-10-6-12-26-18/h3-4,6-7,9-10,12,16H,2,5,8,11,13-14H2,1H3. The molecule has 1 saturated heterocycles. The van der Waals surface area contributed by atoms with Crippen LogP contribution in [0.2, 0.25) is 5.02 Å². The predicted octanol–water partition coefficient (Wildman–Crippen LogP) is 4.30. The number of carbonyl (C=O) groups excluding carboxylic acids is 2. The zero-order valence-corrected chi connectivity index (χ0v) is 16.4. The van der Waals surface area contributed by atoms with Crippen LogP contribution in [0, 0.1) is 5.92 Å². The van der Waals surface area contributed by atoms with E-state index in [9.17, 15) is 9.59 Å². The molecule has 1 aliphatic heterocycles. The molecule has 0 spiro atoms. The molecule has 6 heteroatoms. The van der Waals surface area contributed by atoms with Crippen molar-refractivity contribution in [1.82, 2.24) is 9.80 Å². The normalized spacial score (nSPS) is 17.2. The van der Waals surface area contributed by atoms with Gasteiger partial charge >= 0.3 is 0 Å². The molecule has 0 saturated carbocycles. The Morgan fingerprint density at radius 3 is 2.77 bits per heavy atom. The molecule has 138 valence electrons. The molecule has 0 bridgehead atoms. The smallest absolute Gasteiger partial charge is 0.263 e. The maximum absolute atomic E-state index is 13.0. The van der Waals surface area contributed by atoms with Gasteiger partial charge in [-0.05, 0) is 42.8 Å². The Labute approximate surface area is 163 Å². The van der Waals surface area contributed by atoms with Crippen LogP contribution in [0.25, 0.3) is 0 Å². The number of thiophene rings is 1. The summed E-state index contributed by atoms with van der Waals surface area (Å²) in [6.07, 6.45) is 1.68. The second kappa shape index (κ2) is 8.69. The van der Waals surface area contributed by atoms with E-state index >= 15 is 0 Å². The number of nitrogens with zero attached hydrogens (tertiary/aromatic N) is 2. The van der Waals surface area contributed by atoms with E-state index in [0.717, 1.165) is 29.8 Å². The van der Waals surface area contributed by atoms with E-state index < -0.39 is 0 Å². The summed E-state index contributed by atoms with van der Waals surface area (Å²) >= 11 is 7.70. The molecule has 0 aliphatic carbocycles. The highest BCUT2D eigenvalue weighted by Gasteiger charge is 2.31. The van der Waals surface area contributed by atoms with Crippen molar-refractivity contribution >= 4 is 34.8 Å². The van der Waals surface area contributed by atoms with Crippen molar-refractivity contribution in [1.29, 1.82) is 0 Å². The van der Waals surface area contributed by atoms with Gasteiger partial charge in [-0.1, -0.05) is 35.9 Å². The van der Waals surface area contributed by atoms with Crippen molar-refractivity contribution in [2.24, 2.45) is 5.92 Å². The van der Waals surface area contributed by atoms with Gasteiger partial charge in [-0.15, -0.1) is 11.3 Å². The van der Waals surface area contributed by atoms with Crippen LogP contribution in [0.4, 0.5) is 0 Å². The summed E-state index contributed by atoms with van der Waals surface area (Å²) in [4.78, 5) is 30.0. The van der Waals surface area contributed by atoms with Gasteiger partial charge in [0.1, 0.15) is 0 Å². The topological polar surface area (TPSA) is 40.6 Å². The largest absolute Gasteiger partial charge is 0.338 e. The molecule has 0 radical (unpaired) electrons. The van der Waals surface area contributed by atoms with Crippen LogP contribution in [0.5, 0.6) is 0 Å². The fourth-order valence-electron chi connectivity index (χ4n) is 3.36. The number of rotatable bonds is 5. The molecular weight excluding hydrogens is 368 g/mol. The maximum Gasteiger partial charge on any atom is 0.263 e. The molecule has 1 unspecified atom stereocenters. The third kappa shape index (κ3) is 4.27. The van der Waals surface area contributed by atoms with Gasteiger partial charge in [0.05, 0.1) is 10.8 Å². The Bertz CT molecular complexity index is 763. The Hall–Kier alpha value is -1.85. The monoisotopic (exact) mass is 390 g/mol. The quantitative estimate of drug-likeness (QED) is 0.763. The molecule has 1 aliphatic rings. The van der Waals surface area contributed by atoms with Crippen LogP contribution < -0.4 is 0 Å². The molecule has 1 fully saturated rings. The lowest BCUT2D eigenvalue weighted by molar-refractivity contribution is -0.137. The van der Waals surface area contributed by atoms with Gasteiger partial charge in [0.15, 0.2) is 0 Å². The van der Waals surface area contributed by atoms with Gasteiger partial charge in [0.25, 0.3) is 5.91 Å². The molecule has 1 aromatic carbocycles. The lowest BCUT2D eigenvalue weighted by Crippen LogP contribution is -2.46. The van der Waals surface area contributed by atoms with E-state index in [1.165, 1.54) is 11.3 Å².